The van der Waals surface area contributed by atoms with Crippen LogP contribution in [0.15, 0.2) is 18.2 Å². The van der Waals surface area contributed by atoms with Crippen LogP contribution in [-0.2, 0) is 17.9 Å². The maximum atomic E-state index is 11.7. The number of hydrogen-bond donors (Lipinski definition) is 2. The molecule has 2 heterocycles. The van der Waals surface area contributed by atoms with Gasteiger partial charge in [-0.2, -0.15) is 0 Å². The first-order valence-corrected chi connectivity index (χ1v) is 6.41. The highest BCUT2D eigenvalue weighted by molar-refractivity contribution is 5.81. The molecule has 0 radical (unpaired) electrons. The Hall–Kier alpha value is -1.55. The van der Waals surface area contributed by atoms with Gasteiger partial charge in [0.05, 0.1) is 12.0 Å². The van der Waals surface area contributed by atoms with Gasteiger partial charge in [0, 0.05) is 32.4 Å². The second-order valence-corrected chi connectivity index (χ2v) is 5.66. The molecule has 0 spiro atoms. The fourth-order valence-electron chi connectivity index (χ4n) is 2.99. The fraction of sp³-hybridized carbons (Fsp3) is 0.500. The monoisotopic (exact) mass is 245 g/mol. The number of hydrogen-bond acceptors (Lipinski definition) is 3. The fourth-order valence-corrected chi connectivity index (χ4v) is 2.99. The van der Waals surface area contributed by atoms with Crippen molar-refractivity contribution in [3.8, 4) is 0 Å². The lowest BCUT2D eigenvalue weighted by molar-refractivity contribution is -0.126. The summed E-state index contributed by atoms with van der Waals surface area (Å²) in [5, 5.41) is 6.94. The Balaban J connectivity index is 1.86. The van der Waals surface area contributed by atoms with Crippen molar-refractivity contribution < 1.29 is 4.79 Å². The normalized spacial score (nSPS) is 26.6. The molecule has 96 valence electrons. The van der Waals surface area contributed by atoms with Crippen LogP contribution < -0.4 is 10.6 Å². The Labute approximate surface area is 107 Å². The van der Waals surface area contributed by atoms with Gasteiger partial charge < -0.3 is 15.5 Å². The van der Waals surface area contributed by atoms with E-state index in [1.165, 1.54) is 16.8 Å². The molecular formula is C14H19N3O. The molecule has 2 aliphatic rings. The number of anilines is 1. The molecule has 4 heteroatoms. The predicted molar refractivity (Wildman–Crippen MR) is 71.3 cm³/mol. The predicted octanol–water partition coefficient (Wildman–Crippen LogP) is 1.32. The van der Waals surface area contributed by atoms with E-state index in [2.05, 4.69) is 35.8 Å². The van der Waals surface area contributed by atoms with Gasteiger partial charge in [0.15, 0.2) is 0 Å². The highest BCUT2D eigenvalue weighted by Crippen LogP contribution is 2.30. The van der Waals surface area contributed by atoms with Crippen LogP contribution >= 0.6 is 0 Å². The number of rotatable bonds is 2. The molecule has 1 amide bonds. The molecule has 1 aromatic carbocycles. The van der Waals surface area contributed by atoms with Gasteiger partial charge in [0.1, 0.15) is 0 Å². The Kier molecular flexibility index (Phi) is 2.55. The van der Waals surface area contributed by atoms with Crippen LogP contribution in [0.2, 0.25) is 0 Å². The van der Waals surface area contributed by atoms with E-state index in [1.807, 2.05) is 7.05 Å². The first-order valence-electron chi connectivity index (χ1n) is 6.41. The standard InChI is InChI=1S/C14H19N3O/c1-14(6-13(18)17(2)9-14)16-12-5-3-4-10-7-15-8-11(10)12/h3-5,15-16H,6-9H2,1-2H3/t14-/m1/s1. The molecule has 1 atom stereocenters. The SMILES string of the molecule is CN1C[C@](C)(Nc2cccc3c2CNC3)CC1=O. The number of fused-ring (bicyclic) bond motifs is 1. The van der Waals surface area contributed by atoms with Crippen molar-refractivity contribution in [1.82, 2.24) is 10.2 Å². The summed E-state index contributed by atoms with van der Waals surface area (Å²) in [5.41, 5.74) is 3.73. The Morgan fingerprint density at radius 1 is 1.39 bits per heavy atom. The van der Waals surface area contributed by atoms with Crippen molar-refractivity contribution >= 4 is 11.6 Å². The second kappa shape index (κ2) is 3.99. The van der Waals surface area contributed by atoms with E-state index in [4.69, 9.17) is 0 Å². The molecule has 1 aromatic rings. The van der Waals surface area contributed by atoms with Crippen molar-refractivity contribution in [3.63, 3.8) is 0 Å². The largest absolute Gasteiger partial charge is 0.377 e. The third-order valence-corrected chi connectivity index (χ3v) is 3.88. The van der Waals surface area contributed by atoms with E-state index in [9.17, 15) is 4.79 Å². The number of carbonyl (C=O) groups excluding carboxylic acids is 1. The average molecular weight is 245 g/mol. The number of nitrogens with one attached hydrogen (secondary N) is 2. The summed E-state index contributed by atoms with van der Waals surface area (Å²) < 4.78 is 0. The van der Waals surface area contributed by atoms with Crippen LogP contribution in [0.1, 0.15) is 24.5 Å². The quantitative estimate of drug-likeness (QED) is 0.826. The van der Waals surface area contributed by atoms with Gasteiger partial charge in [-0.1, -0.05) is 12.1 Å². The second-order valence-electron chi connectivity index (χ2n) is 5.66. The Morgan fingerprint density at radius 2 is 2.22 bits per heavy atom. The zero-order valence-electron chi connectivity index (χ0n) is 10.9. The van der Waals surface area contributed by atoms with Crippen LogP contribution in [0.25, 0.3) is 0 Å². The third-order valence-electron chi connectivity index (χ3n) is 3.88. The van der Waals surface area contributed by atoms with E-state index >= 15 is 0 Å². The van der Waals surface area contributed by atoms with Crippen molar-refractivity contribution in [3.05, 3.63) is 29.3 Å². The van der Waals surface area contributed by atoms with Gasteiger partial charge in [-0.3, -0.25) is 4.79 Å². The molecule has 4 nitrogen and oxygen atoms in total. The lowest BCUT2D eigenvalue weighted by Gasteiger charge is -2.27. The van der Waals surface area contributed by atoms with Crippen molar-refractivity contribution in [2.75, 3.05) is 18.9 Å². The maximum absolute atomic E-state index is 11.7. The minimum absolute atomic E-state index is 0.149. The summed E-state index contributed by atoms with van der Waals surface area (Å²) in [6.45, 7) is 4.75. The van der Waals surface area contributed by atoms with Crippen LogP contribution in [0.5, 0.6) is 0 Å². The van der Waals surface area contributed by atoms with Gasteiger partial charge in [0.2, 0.25) is 5.91 Å². The molecule has 1 fully saturated rings. The van der Waals surface area contributed by atoms with Crippen LogP contribution in [0, 0.1) is 0 Å². The molecule has 0 bridgehead atoms. The number of carbonyl (C=O) groups is 1. The smallest absolute Gasteiger partial charge is 0.224 e. The lowest BCUT2D eigenvalue weighted by atomic mass is 9.99. The van der Waals surface area contributed by atoms with Gasteiger partial charge >= 0.3 is 0 Å². The molecule has 2 N–H and O–H groups in total. The summed E-state index contributed by atoms with van der Waals surface area (Å²) >= 11 is 0. The summed E-state index contributed by atoms with van der Waals surface area (Å²) in [6.07, 6.45) is 0.570. The minimum Gasteiger partial charge on any atom is -0.377 e. The lowest BCUT2D eigenvalue weighted by Crippen LogP contribution is -2.37. The number of benzene rings is 1. The van der Waals surface area contributed by atoms with Gasteiger partial charge in [-0.25, -0.2) is 0 Å². The topological polar surface area (TPSA) is 44.4 Å². The Morgan fingerprint density at radius 3 is 2.94 bits per heavy atom. The van der Waals surface area contributed by atoms with Crippen molar-refractivity contribution in [2.24, 2.45) is 0 Å². The zero-order valence-corrected chi connectivity index (χ0v) is 10.9. The van der Waals surface area contributed by atoms with E-state index in [-0.39, 0.29) is 11.4 Å². The van der Waals surface area contributed by atoms with Crippen molar-refractivity contribution in [1.29, 1.82) is 0 Å². The summed E-state index contributed by atoms with van der Waals surface area (Å²) in [7, 11) is 1.87. The van der Waals surface area contributed by atoms with Crippen molar-refractivity contribution in [2.45, 2.75) is 32.0 Å². The average Bonchev–Trinajstić information content (AvgIpc) is 2.85. The highest BCUT2D eigenvalue weighted by atomic mass is 16.2. The van der Waals surface area contributed by atoms with Crippen LogP contribution in [0.4, 0.5) is 5.69 Å². The summed E-state index contributed by atoms with van der Waals surface area (Å²) in [4.78, 5) is 13.5. The first-order chi connectivity index (χ1) is 8.57. The van der Waals surface area contributed by atoms with Crippen LogP contribution in [0.3, 0.4) is 0 Å². The highest BCUT2D eigenvalue weighted by Gasteiger charge is 2.38. The number of amides is 1. The molecule has 0 aliphatic carbocycles. The summed E-state index contributed by atoms with van der Waals surface area (Å²) in [6, 6.07) is 6.35. The van der Waals surface area contributed by atoms with E-state index in [1.54, 1.807) is 4.90 Å². The van der Waals surface area contributed by atoms with Crippen LogP contribution in [-0.4, -0.2) is 29.9 Å². The molecule has 2 aliphatic heterocycles. The summed E-state index contributed by atoms with van der Waals surface area (Å²) in [5.74, 6) is 0.218. The molecular weight excluding hydrogens is 226 g/mol. The molecule has 0 aromatic heterocycles. The number of nitrogens with zero attached hydrogens (tertiary/aromatic N) is 1. The molecule has 3 rings (SSSR count). The van der Waals surface area contributed by atoms with Gasteiger partial charge in [-0.05, 0) is 24.1 Å². The first kappa shape index (κ1) is 11.5. The molecule has 0 unspecified atom stereocenters. The third kappa shape index (κ3) is 1.86. The Bertz CT molecular complexity index is 500. The maximum Gasteiger partial charge on any atom is 0.224 e. The van der Waals surface area contributed by atoms with E-state index < -0.39 is 0 Å². The van der Waals surface area contributed by atoms with E-state index in [0.717, 1.165) is 19.6 Å². The number of likely N-dealkylation sites (tertiary alicyclic amines) is 1. The minimum atomic E-state index is -0.149. The molecule has 18 heavy (non-hydrogen) atoms. The zero-order chi connectivity index (χ0) is 12.8. The molecule has 0 saturated carbocycles. The van der Waals surface area contributed by atoms with E-state index in [0.29, 0.717) is 6.42 Å². The number of likely N-dealkylation sites (N-methyl/N-ethyl adjacent to an activating group) is 1. The van der Waals surface area contributed by atoms with Gasteiger partial charge in [0.25, 0.3) is 0 Å². The molecule has 1 saturated heterocycles. The van der Waals surface area contributed by atoms with Gasteiger partial charge in [-0.15, -0.1) is 0 Å².